The summed E-state index contributed by atoms with van der Waals surface area (Å²) in [7, 11) is 0. The van der Waals surface area contributed by atoms with Crippen LogP contribution < -0.4 is 4.90 Å². The predicted molar refractivity (Wildman–Crippen MR) is 67.8 cm³/mol. The molecule has 0 N–H and O–H groups in total. The van der Waals surface area contributed by atoms with E-state index in [4.69, 9.17) is 0 Å². The normalized spacial score (nSPS) is 15.8. The largest absolute Gasteiger partial charge is 0.300 e. The summed E-state index contributed by atoms with van der Waals surface area (Å²) in [6.45, 7) is 5.27. The highest BCUT2D eigenvalue weighted by Gasteiger charge is 2.39. The van der Waals surface area contributed by atoms with Gasteiger partial charge in [0.25, 0.3) is 11.7 Å². The minimum atomic E-state index is -0.607. The van der Waals surface area contributed by atoms with Gasteiger partial charge in [0.1, 0.15) is 0 Å². The van der Waals surface area contributed by atoms with E-state index in [-0.39, 0.29) is 5.78 Å². The Kier molecular flexibility index (Phi) is 3.03. The SMILES string of the molecule is CCC(=O)C(C)N1C(=O)C(=O)c2cc(C)ccc21. The van der Waals surface area contributed by atoms with Crippen molar-refractivity contribution in [2.45, 2.75) is 33.2 Å². The molecule has 0 saturated heterocycles. The Balaban J connectivity index is 2.49. The molecule has 0 radical (unpaired) electrons. The fraction of sp³-hybridized carbons (Fsp3) is 0.357. The summed E-state index contributed by atoms with van der Waals surface area (Å²) in [6.07, 6.45) is 0.348. The summed E-state index contributed by atoms with van der Waals surface area (Å²) >= 11 is 0. The van der Waals surface area contributed by atoms with Gasteiger partial charge in [-0.2, -0.15) is 0 Å². The van der Waals surface area contributed by atoms with Crippen LogP contribution in [0.5, 0.6) is 0 Å². The maximum Gasteiger partial charge on any atom is 0.300 e. The van der Waals surface area contributed by atoms with Crippen molar-refractivity contribution in [1.82, 2.24) is 0 Å². The van der Waals surface area contributed by atoms with Gasteiger partial charge in [-0.15, -0.1) is 0 Å². The highest BCUT2D eigenvalue weighted by molar-refractivity contribution is 6.52. The second-order valence-electron chi connectivity index (χ2n) is 4.52. The first-order valence-corrected chi connectivity index (χ1v) is 5.98. The lowest BCUT2D eigenvalue weighted by molar-refractivity contribution is -0.122. The zero-order valence-corrected chi connectivity index (χ0v) is 10.7. The van der Waals surface area contributed by atoms with Gasteiger partial charge in [0.15, 0.2) is 5.78 Å². The molecule has 1 aliphatic rings. The fourth-order valence-corrected chi connectivity index (χ4v) is 2.20. The number of fused-ring (bicyclic) bond motifs is 1. The first-order valence-electron chi connectivity index (χ1n) is 5.98. The highest BCUT2D eigenvalue weighted by atomic mass is 16.2. The van der Waals surface area contributed by atoms with Crippen LogP contribution in [-0.2, 0) is 9.59 Å². The van der Waals surface area contributed by atoms with Crippen molar-refractivity contribution in [3.8, 4) is 0 Å². The first-order chi connectivity index (χ1) is 8.47. The molecule has 1 aliphatic heterocycles. The van der Waals surface area contributed by atoms with Gasteiger partial charge in [-0.1, -0.05) is 18.6 Å². The fourth-order valence-electron chi connectivity index (χ4n) is 2.20. The molecule has 0 fully saturated rings. The van der Waals surface area contributed by atoms with E-state index in [9.17, 15) is 14.4 Å². The van der Waals surface area contributed by atoms with E-state index < -0.39 is 17.7 Å². The molecule has 2 rings (SSSR count). The Labute approximate surface area is 106 Å². The van der Waals surface area contributed by atoms with Crippen LogP contribution in [0.15, 0.2) is 18.2 Å². The molecule has 4 heteroatoms. The third kappa shape index (κ3) is 1.74. The number of amides is 1. The molecule has 0 spiro atoms. The number of benzene rings is 1. The van der Waals surface area contributed by atoms with Gasteiger partial charge in [-0.25, -0.2) is 0 Å². The Hall–Kier alpha value is -1.97. The van der Waals surface area contributed by atoms with Crippen LogP contribution in [0, 0.1) is 6.92 Å². The Morgan fingerprint density at radius 3 is 2.61 bits per heavy atom. The van der Waals surface area contributed by atoms with E-state index in [0.717, 1.165) is 5.56 Å². The van der Waals surface area contributed by atoms with Crippen LogP contribution >= 0.6 is 0 Å². The van der Waals surface area contributed by atoms with Gasteiger partial charge in [-0.3, -0.25) is 19.3 Å². The zero-order chi connectivity index (χ0) is 13.4. The Morgan fingerprint density at radius 2 is 2.00 bits per heavy atom. The monoisotopic (exact) mass is 245 g/mol. The van der Waals surface area contributed by atoms with Crippen molar-refractivity contribution in [2.75, 3.05) is 4.90 Å². The quantitative estimate of drug-likeness (QED) is 0.764. The average molecular weight is 245 g/mol. The lowest BCUT2D eigenvalue weighted by atomic mass is 10.1. The van der Waals surface area contributed by atoms with Crippen LogP contribution in [0.4, 0.5) is 5.69 Å². The van der Waals surface area contributed by atoms with Crippen LogP contribution in [-0.4, -0.2) is 23.5 Å². The molecule has 0 aliphatic carbocycles. The second-order valence-corrected chi connectivity index (χ2v) is 4.52. The van der Waals surface area contributed by atoms with Gasteiger partial charge in [0.2, 0.25) is 0 Å². The van der Waals surface area contributed by atoms with Gasteiger partial charge in [-0.05, 0) is 26.0 Å². The number of ketones is 2. The van der Waals surface area contributed by atoms with Gasteiger partial charge in [0.05, 0.1) is 17.3 Å². The minimum absolute atomic E-state index is 0.0513. The molecule has 0 bridgehead atoms. The molecule has 1 aromatic rings. The number of nitrogens with zero attached hydrogens (tertiary/aromatic N) is 1. The van der Waals surface area contributed by atoms with Crippen molar-refractivity contribution in [3.05, 3.63) is 29.3 Å². The Morgan fingerprint density at radius 1 is 1.33 bits per heavy atom. The molecule has 18 heavy (non-hydrogen) atoms. The third-order valence-corrected chi connectivity index (χ3v) is 3.27. The standard InChI is InChI=1S/C14H15NO3/c1-4-12(16)9(3)15-11-6-5-8(2)7-10(11)13(17)14(15)18/h5-7,9H,4H2,1-3H3. The zero-order valence-electron chi connectivity index (χ0n) is 10.7. The number of carbonyl (C=O) groups excluding carboxylic acids is 3. The number of hydrogen-bond acceptors (Lipinski definition) is 3. The van der Waals surface area contributed by atoms with Crippen molar-refractivity contribution in [2.24, 2.45) is 0 Å². The van der Waals surface area contributed by atoms with Crippen LogP contribution in [0.1, 0.15) is 36.2 Å². The lowest BCUT2D eigenvalue weighted by Crippen LogP contribution is -2.42. The molecule has 1 atom stereocenters. The molecule has 0 aromatic heterocycles. The van der Waals surface area contributed by atoms with E-state index in [1.54, 1.807) is 26.0 Å². The number of anilines is 1. The number of hydrogen-bond donors (Lipinski definition) is 0. The number of Topliss-reactive ketones (excluding diaryl/α,β-unsaturated/α-hetero) is 2. The summed E-state index contributed by atoms with van der Waals surface area (Å²) in [5.74, 6) is -1.18. The third-order valence-electron chi connectivity index (χ3n) is 3.27. The summed E-state index contributed by atoms with van der Waals surface area (Å²) < 4.78 is 0. The summed E-state index contributed by atoms with van der Waals surface area (Å²) in [4.78, 5) is 36.9. The molecular formula is C14H15NO3. The van der Waals surface area contributed by atoms with Crippen molar-refractivity contribution in [1.29, 1.82) is 0 Å². The molecule has 1 heterocycles. The molecule has 1 unspecified atom stereocenters. The van der Waals surface area contributed by atoms with Gasteiger partial charge in [0, 0.05) is 6.42 Å². The van der Waals surface area contributed by atoms with Crippen LogP contribution in [0.2, 0.25) is 0 Å². The first kappa shape index (κ1) is 12.5. The Bertz CT molecular complexity index is 548. The van der Waals surface area contributed by atoms with Gasteiger partial charge < -0.3 is 0 Å². The van der Waals surface area contributed by atoms with Crippen LogP contribution in [0.25, 0.3) is 0 Å². The summed E-state index contributed by atoms with van der Waals surface area (Å²) in [6, 6.07) is 4.67. The average Bonchev–Trinajstić information content (AvgIpc) is 2.60. The van der Waals surface area contributed by atoms with Gasteiger partial charge >= 0.3 is 0 Å². The molecule has 1 amide bonds. The predicted octanol–water partition coefficient (Wildman–Crippen LogP) is 1.89. The topological polar surface area (TPSA) is 54.5 Å². The maximum absolute atomic E-state index is 12.0. The minimum Gasteiger partial charge on any atom is -0.297 e. The summed E-state index contributed by atoms with van der Waals surface area (Å²) in [5.41, 5.74) is 1.87. The lowest BCUT2D eigenvalue weighted by Gasteiger charge is -2.23. The van der Waals surface area contributed by atoms with Crippen molar-refractivity contribution >= 4 is 23.2 Å². The van der Waals surface area contributed by atoms with Crippen LogP contribution in [0.3, 0.4) is 0 Å². The van der Waals surface area contributed by atoms with E-state index >= 15 is 0 Å². The number of rotatable bonds is 3. The van der Waals surface area contributed by atoms with Crippen molar-refractivity contribution < 1.29 is 14.4 Å². The smallest absolute Gasteiger partial charge is 0.297 e. The number of carbonyl (C=O) groups is 3. The molecule has 4 nitrogen and oxygen atoms in total. The molecule has 0 saturated carbocycles. The molecule has 94 valence electrons. The molecular weight excluding hydrogens is 230 g/mol. The summed E-state index contributed by atoms with van der Waals surface area (Å²) in [5, 5.41) is 0. The van der Waals surface area contributed by atoms with E-state index in [2.05, 4.69) is 0 Å². The maximum atomic E-state index is 12.0. The van der Waals surface area contributed by atoms with Crippen molar-refractivity contribution in [3.63, 3.8) is 0 Å². The second kappa shape index (κ2) is 4.37. The number of aryl methyl sites for hydroxylation is 1. The van der Waals surface area contributed by atoms with E-state index in [1.165, 1.54) is 4.90 Å². The highest BCUT2D eigenvalue weighted by Crippen LogP contribution is 2.31. The van der Waals surface area contributed by atoms with E-state index in [1.807, 2.05) is 13.0 Å². The molecule has 1 aromatic carbocycles. The van der Waals surface area contributed by atoms with E-state index in [0.29, 0.717) is 17.7 Å².